The second kappa shape index (κ2) is 4.01. The number of rotatable bonds is 2. The molecule has 0 saturated heterocycles. The standard InChI is InChI=1S/C8H14O3/c1-8(2,3)7(10)11-6-4-5-9/h4-5,9H,6H2,1-3H3/b5-4+. The summed E-state index contributed by atoms with van der Waals surface area (Å²) in [6.07, 6.45) is 2.22. The van der Waals surface area contributed by atoms with Gasteiger partial charge in [0.2, 0.25) is 0 Å². The van der Waals surface area contributed by atoms with E-state index >= 15 is 0 Å². The van der Waals surface area contributed by atoms with Crippen molar-refractivity contribution in [1.29, 1.82) is 0 Å². The third-order valence-corrected chi connectivity index (χ3v) is 1.03. The van der Waals surface area contributed by atoms with Crippen molar-refractivity contribution in [2.75, 3.05) is 6.61 Å². The van der Waals surface area contributed by atoms with E-state index in [-0.39, 0.29) is 12.6 Å². The van der Waals surface area contributed by atoms with Gasteiger partial charge in [-0.05, 0) is 26.8 Å². The lowest BCUT2D eigenvalue weighted by Gasteiger charge is -2.15. The molecule has 11 heavy (non-hydrogen) atoms. The minimum atomic E-state index is -0.469. The third kappa shape index (κ3) is 4.42. The Morgan fingerprint density at radius 2 is 2.09 bits per heavy atom. The van der Waals surface area contributed by atoms with Gasteiger partial charge in [-0.25, -0.2) is 0 Å². The van der Waals surface area contributed by atoms with Gasteiger partial charge in [0.15, 0.2) is 0 Å². The SMILES string of the molecule is CC(C)(C)C(=O)OC/C=C/O. The van der Waals surface area contributed by atoms with Crippen molar-refractivity contribution in [2.45, 2.75) is 20.8 Å². The fourth-order valence-electron chi connectivity index (χ4n) is 0.383. The van der Waals surface area contributed by atoms with Crippen LogP contribution >= 0.6 is 0 Å². The molecule has 0 fully saturated rings. The number of carbonyl (C=O) groups excluding carboxylic acids is 1. The van der Waals surface area contributed by atoms with Crippen molar-refractivity contribution in [3.63, 3.8) is 0 Å². The second-order valence-electron chi connectivity index (χ2n) is 3.23. The highest BCUT2D eigenvalue weighted by Gasteiger charge is 2.22. The summed E-state index contributed by atoms with van der Waals surface area (Å²) in [5, 5.41) is 8.21. The summed E-state index contributed by atoms with van der Waals surface area (Å²) in [5.74, 6) is -0.268. The zero-order chi connectivity index (χ0) is 8.91. The fourth-order valence-corrected chi connectivity index (χ4v) is 0.383. The summed E-state index contributed by atoms with van der Waals surface area (Å²) in [6.45, 7) is 5.46. The van der Waals surface area contributed by atoms with Crippen molar-refractivity contribution in [3.05, 3.63) is 12.3 Å². The molecule has 1 N–H and O–H groups in total. The van der Waals surface area contributed by atoms with E-state index in [0.29, 0.717) is 0 Å². The van der Waals surface area contributed by atoms with Crippen molar-refractivity contribution in [3.8, 4) is 0 Å². The Kier molecular flexibility index (Phi) is 3.65. The third-order valence-electron chi connectivity index (χ3n) is 1.03. The summed E-state index contributed by atoms with van der Waals surface area (Å²) >= 11 is 0. The van der Waals surface area contributed by atoms with Crippen LogP contribution < -0.4 is 0 Å². The number of ether oxygens (including phenoxy) is 1. The Hall–Kier alpha value is -0.990. The fraction of sp³-hybridized carbons (Fsp3) is 0.625. The van der Waals surface area contributed by atoms with Crippen LogP contribution in [0.1, 0.15) is 20.8 Å². The van der Waals surface area contributed by atoms with E-state index in [1.54, 1.807) is 20.8 Å². The van der Waals surface area contributed by atoms with E-state index in [1.807, 2.05) is 0 Å². The van der Waals surface area contributed by atoms with Gasteiger partial charge in [-0.15, -0.1) is 0 Å². The molecule has 0 aliphatic rings. The summed E-state index contributed by atoms with van der Waals surface area (Å²) in [6, 6.07) is 0. The van der Waals surface area contributed by atoms with Crippen molar-refractivity contribution >= 4 is 5.97 Å². The molecular weight excluding hydrogens is 144 g/mol. The van der Waals surface area contributed by atoms with Gasteiger partial charge in [0, 0.05) is 0 Å². The molecule has 0 aromatic carbocycles. The van der Waals surface area contributed by atoms with Gasteiger partial charge in [0.1, 0.15) is 6.61 Å². The molecule has 0 spiro atoms. The molecule has 0 aromatic heterocycles. The van der Waals surface area contributed by atoms with Gasteiger partial charge in [-0.3, -0.25) is 4.79 Å². The number of esters is 1. The number of aliphatic hydroxyl groups is 1. The van der Waals surface area contributed by atoms with Crippen molar-refractivity contribution in [2.24, 2.45) is 5.41 Å². The number of aliphatic hydroxyl groups excluding tert-OH is 1. The molecule has 0 saturated carbocycles. The molecule has 0 amide bonds. The first kappa shape index (κ1) is 10.0. The minimum Gasteiger partial charge on any atom is -0.516 e. The van der Waals surface area contributed by atoms with Gasteiger partial charge < -0.3 is 9.84 Å². The average molecular weight is 158 g/mol. The molecule has 0 heterocycles. The van der Waals surface area contributed by atoms with E-state index in [9.17, 15) is 4.79 Å². The van der Waals surface area contributed by atoms with E-state index in [4.69, 9.17) is 9.84 Å². The summed E-state index contributed by atoms with van der Waals surface area (Å²) in [7, 11) is 0. The normalized spacial score (nSPS) is 11.9. The monoisotopic (exact) mass is 158 g/mol. The molecule has 0 unspecified atom stereocenters. The van der Waals surface area contributed by atoms with Crippen LogP contribution in [-0.4, -0.2) is 17.7 Å². The van der Waals surface area contributed by atoms with Gasteiger partial charge in [-0.1, -0.05) is 0 Å². The average Bonchev–Trinajstić information content (AvgIpc) is 1.86. The largest absolute Gasteiger partial charge is 0.516 e. The van der Waals surface area contributed by atoms with E-state index in [0.717, 1.165) is 6.26 Å². The minimum absolute atomic E-state index is 0.132. The van der Waals surface area contributed by atoms with Crippen molar-refractivity contribution in [1.82, 2.24) is 0 Å². The van der Waals surface area contributed by atoms with Crippen LogP contribution in [0.15, 0.2) is 12.3 Å². The first-order valence-electron chi connectivity index (χ1n) is 3.45. The Bertz CT molecular complexity index is 153. The molecule has 0 aliphatic heterocycles. The van der Waals surface area contributed by atoms with Crippen LogP contribution in [0.5, 0.6) is 0 Å². The summed E-state index contributed by atoms with van der Waals surface area (Å²) in [5.41, 5.74) is -0.469. The highest BCUT2D eigenvalue weighted by Crippen LogP contribution is 2.14. The molecule has 0 radical (unpaired) electrons. The Morgan fingerprint density at radius 1 is 1.55 bits per heavy atom. The maximum Gasteiger partial charge on any atom is 0.311 e. The van der Waals surface area contributed by atoms with Gasteiger partial charge in [0.25, 0.3) is 0 Å². The van der Waals surface area contributed by atoms with Gasteiger partial charge in [-0.2, -0.15) is 0 Å². The molecule has 0 rings (SSSR count). The summed E-state index contributed by atoms with van der Waals surface area (Å²) < 4.78 is 4.76. The van der Waals surface area contributed by atoms with Crippen LogP contribution in [0.4, 0.5) is 0 Å². The van der Waals surface area contributed by atoms with Crippen molar-refractivity contribution < 1.29 is 14.6 Å². The van der Waals surface area contributed by atoms with Crippen LogP contribution in [-0.2, 0) is 9.53 Å². The van der Waals surface area contributed by atoms with E-state index in [1.165, 1.54) is 6.08 Å². The van der Waals surface area contributed by atoms with E-state index < -0.39 is 5.41 Å². The number of hydrogen-bond donors (Lipinski definition) is 1. The molecule has 64 valence electrons. The highest BCUT2D eigenvalue weighted by molar-refractivity contribution is 5.75. The van der Waals surface area contributed by atoms with Gasteiger partial charge in [0.05, 0.1) is 11.7 Å². The molecule has 0 bridgehead atoms. The molecular formula is C8H14O3. The van der Waals surface area contributed by atoms with Crippen LogP contribution in [0.3, 0.4) is 0 Å². The number of hydrogen-bond acceptors (Lipinski definition) is 3. The molecule has 0 atom stereocenters. The quantitative estimate of drug-likeness (QED) is 0.491. The lowest BCUT2D eigenvalue weighted by atomic mass is 9.97. The lowest BCUT2D eigenvalue weighted by molar-refractivity contribution is -0.151. The topological polar surface area (TPSA) is 46.5 Å². The van der Waals surface area contributed by atoms with E-state index in [2.05, 4.69) is 0 Å². The highest BCUT2D eigenvalue weighted by atomic mass is 16.5. The van der Waals surface area contributed by atoms with Crippen LogP contribution in [0.25, 0.3) is 0 Å². The predicted octanol–water partition coefficient (Wildman–Crippen LogP) is 1.65. The first-order chi connectivity index (χ1) is 4.98. The molecule has 0 aliphatic carbocycles. The first-order valence-corrected chi connectivity index (χ1v) is 3.45. The van der Waals surface area contributed by atoms with Gasteiger partial charge >= 0.3 is 5.97 Å². The maximum atomic E-state index is 11.0. The van der Waals surface area contributed by atoms with Crippen LogP contribution in [0.2, 0.25) is 0 Å². The Balaban J connectivity index is 3.71. The Morgan fingerprint density at radius 3 is 2.45 bits per heavy atom. The van der Waals surface area contributed by atoms with Crippen LogP contribution in [0, 0.1) is 5.41 Å². The molecule has 0 aromatic rings. The maximum absolute atomic E-state index is 11.0. The molecule has 3 nitrogen and oxygen atoms in total. The molecule has 3 heteroatoms. The Labute approximate surface area is 66.7 Å². The summed E-state index contributed by atoms with van der Waals surface area (Å²) in [4.78, 5) is 11.0. The number of carbonyl (C=O) groups is 1. The zero-order valence-electron chi connectivity index (χ0n) is 7.13. The second-order valence-corrected chi connectivity index (χ2v) is 3.23. The lowest BCUT2D eigenvalue weighted by Crippen LogP contribution is -2.22. The zero-order valence-corrected chi connectivity index (χ0v) is 7.13. The predicted molar refractivity (Wildman–Crippen MR) is 42.2 cm³/mol. The smallest absolute Gasteiger partial charge is 0.311 e.